The van der Waals surface area contributed by atoms with Crippen LogP contribution in [0.2, 0.25) is 0 Å². The second-order valence-electron chi connectivity index (χ2n) is 5.48. The molecule has 0 N–H and O–H groups in total. The normalized spacial score (nSPS) is 22.9. The van der Waals surface area contributed by atoms with E-state index in [-0.39, 0.29) is 0 Å². The van der Waals surface area contributed by atoms with Gasteiger partial charge in [-0.25, -0.2) is 0 Å². The zero-order chi connectivity index (χ0) is 13.0. The van der Waals surface area contributed by atoms with Crippen LogP contribution in [0, 0.1) is 0 Å². The van der Waals surface area contributed by atoms with Crippen molar-refractivity contribution < 1.29 is 4.74 Å². The van der Waals surface area contributed by atoms with Crippen molar-refractivity contribution in [2.24, 2.45) is 0 Å². The highest BCUT2D eigenvalue weighted by Gasteiger charge is 2.42. The van der Waals surface area contributed by atoms with Gasteiger partial charge in [-0.2, -0.15) is 0 Å². The van der Waals surface area contributed by atoms with E-state index < -0.39 is 0 Å². The molecule has 0 saturated heterocycles. The molecule has 0 fully saturated rings. The lowest BCUT2D eigenvalue weighted by atomic mass is 9.93. The highest BCUT2D eigenvalue weighted by atomic mass is 16.5. The summed E-state index contributed by atoms with van der Waals surface area (Å²) in [6.07, 6.45) is 1.15. The molecular formula is C17H17NO. The number of hydrogen-bond donors (Lipinski definition) is 0. The summed E-state index contributed by atoms with van der Waals surface area (Å²) in [5.74, 6) is 1.46. The van der Waals surface area contributed by atoms with Gasteiger partial charge >= 0.3 is 0 Å². The van der Waals surface area contributed by atoms with E-state index in [1.165, 1.54) is 22.4 Å². The molecule has 0 amide bonds. The van der Waals surface area contributed by atoms with E-state index >= 15 is 0 Å². The lowest BCUT2D eigenvalue weighted by Gasteiger charge is -2.21. The number of benzene rings is 2. The first-order valence-electron chi connectivity index (χ1n) is 6.78. The average molecular weight is 251 g/mol. The Morgan fingerprint density at radius 3 is 2.79 bits per heavy atom. The van der Waals surface area contributed by atoms with Gasteiger partial charge in [0, 0.05) is 24.7 Å². The van der Waals surface area contributed by atoms with Crippen molar-refractivity contribution in [1.29, 1.82) is 0 Å². The Bertz CT molecular complexity index is 649. The van der Waals surface area contributed by atoms with Crippen LogP contribution in [0.25, 0.3) is 0 Å². The molecule has 2 atom stereocenters. The molecule has 1 aliphatic heterocycles. The van der Waals surface area contributed by atoms with E-state index in [2.05, 4.69) is 54.4 Å². The molecule has 0 radical (unpaired) electrons. The predicted octanol–water partition coefficient (Wildman–Crippen LogP) is 3.20. The summed E-state index contributed by atoms with van der Waals surface area (Å²) in [7, 11) is 3.95. The predicted molar refractivity (Wildman–Crippen MR) is 77.2 cm³/mol. The molecule has 0 spiro atoms. The number of hydrogen-bond acceptors (Lipinski definition) is 2. The molecule has 19 heavy (non-hydrogen) atoms. The van der Waals surface area contributed by atoms with E-state index in [9.17, 15) is 0 Å². The largest absolute Gasteiger partial charge is 0.497 e. The summed E-state index contributed by atoms with van der Waals surface area (Å²) in [6.45, 7) is 0. The summed E-state index contributed by atoms with van der Waals surface area (Å²) in [6, 6.07) is 15.9. The van der Waals surface area contributed by atoms with Crippen molar-refractivity contribution in [1.82, 2.24) is 0 Å². The molecule has 2 heteroatoms. The second kappa shape index (κ2) is 3.77. The van der Waals surface area contributed by atoms with Crippen LogP contribution in [0.4, 0.5) is 5.69 Å². The SMILES string of the molecule is COc1ccc2c(c1)C1c3ccccc3CC1N2C. The lowest BCUT2D eigenvalue weighted by molar-refractivity contribution is 0.414. The Hall–Kier alpha value is -1.96. The van der Waals surface area contributed by atoms with Crippen LogP contribution in [-0.4, -0.2) is 20.2 Å². The van der Waals surface area contributed by atoms with Crippen LogP contribution in [0.5, 0.6) is 5.75 Å². The van der Waals surface area contributed by atoms with Gasteiger partial charge in [0.15, 0.2) is 0 Å². The fourth-order valence-corrected chi connectivity index (χ4v) is 3.72. The Labute approximate surface area is 113 Å². The molecule has 1 heterocycles. The van der Waals surface area contributed by atoms with Gasteiger partial charge in [0.2, 0.25) is 0 Å². The molecule has 2 unspecified atom stereocenters. The maximum absolute atomic E-state index is 5.39. The fraction of sp³-hybridized carbons (Fsp3) is 0.294. The first-order valence-corrected chi connectivity index (χ1v) is 6.78. The minimum Gasteiger partial charge on any atom is -0.497 e. The summed E-state index contributed by atoms with van der Waals surface area (Å²) < 4.78 is 5.39. The maximum atomic E-state index is 5.39. The highest BCUT2D eigenvalue weighted by Crippen LogP contribution is 2.50. The molecule has 0 saturated carbocycles. The third kappa shape index (κ3) is 1.37. The van der Waals surface area contributed by atoms with Crippen molar-refractivity contribution in [2.45, 2.75) is 18.4 Å². The van der Waals surface area contributed by atoms with Crippen molar-refractivity contribution >= 4 is 5.69 Å². The van der Waals surface area contributed by atoms with E-state index in [0.717, 1.165) is 12.2 Å². The van der Waals surface area contributed by atoms with Crippen LogP contribution >= 0.6 is 0 Å². The van der Waals surface area contributed by atoms with Crippen LogP contribution in [0.1, 0.15) is 22.6 Å². The van der Waals surface area contributed by atoms with Crippen molar-refractivity contribution in [3.63, 3.8) is 0 Å². The summed E-state index contributed by atoms with van der Waals surface area (Å²) >= 11 is 0. The maximum Gasteiger partial charge on any atom is 0.119 e. The number of fused-ring (bicyclic) bond motifs is 5. The van der Waals surface area contributed by atoms with Gasteiger partial charge in [-0.05, 0) is 41.3 Å². The van der Waals surface area contributed by atoms with E-state index in [1.54, 1.807) is 7.11 Å². The van der Waals surface area contributed by atoms with E-state index in [0.29, 0.717) is 12.0 Å². The van der Waals surface area contributed by atoms with Gasteiger partial charge in [0.1, 0.15) is 5.75 Å². The zero-order valence-electron chi connectivity index (χ0n) is 11.3. The van der Waals surface area contributed by atoms with Gasteiger partial charge in [-0.15, -0.1) is 0 Å². The molecule has 2 aliphatic rings. The zero-order valence-corrected chi connectivity index (χ0v) is 11.3. The number of nitrogens with zero attached hydrogens (tertiary/aromatic N) is 1. The molecule has 1 aliphatic carbocycles. The molecule has 0 aromatic heterocycles. The van der Waals surface area contributed by atoms with Gasteiger partial charge < -0.3 is 9.64 Å². The minimum atomic E-state index is 0.506. The second-order valence-corrected chi connectivity index (χ2v) is 5.48. The smallest absolute Gasteiger partial charge is 0.119 e. The summed E-state index contributed by atoms with van der Waals surface area (Å²) in [5.41, 5.74) is 5.76. The highest BCUT2D eigenvalue weighted by molar-refractivity contribution is 5.68. The van der Waals surface area contributed by atoms with Crippen molar-refractivity contribution in [3.05, 3.63) is 59.2 Å². The van der Waals surface area contributed by atoms with Crippen LogP contribution < -0.4 is 9.64 Å². The van der Waals surface area contributed by atoms with E-state index in [4.69, 9.17) is 4.74 Å². The van der Waals surface area contributed by atoms with Crippen LogP contribution in [0.15, 0.2) is 42.5 Å². The van der Waals surface area contributed by atoms with Crippen LogP contribution in [-0.2, 0) is 6.42 Å². The van der Waals surface area contributed by atoms with Crippen molar-refractivity contribution in [3.8, 4) is 5.75 Å². The molecular weight excluding hydrogens is 234 g/mol. The van der Waals surface area contributed by atoms with Crippen molar-refractivity contribution in [2.75, 3.05) is 19.1 Å². The Morgan fingerprint density at radius 1 is 1.11 bits per heavy atom. The van der Waals surface area contributed by atoms with Gasteiger partial charge in [-0.3, -0.25) is 0 Å². The Balaban J connectivity index is 1.91. The molecule has 4 rings (SSSR count). The van der Waals surface area contributed by atoms with Gasteiger partial charge in [-0.1, -0.05) is 24.3 Å². The minimum absolute atomic E-state index is 0.506. The number of methoxy groups -OCH3 is 1. The van der Waals surface area contributed by atoms with Crippen LogP contribution in [0.3, 0.4) is 0 Å². The molecule has 96 valence electrons. The first kappa shape index (κ1) is 10.9. The fourth-order valence-electron chi connectivity index (χ4n) is 3.72. The molecule has 2 aromatic carbocycles. The standard InChI is InChI=1S/C17H17NO/c1-18-15-8-7-12(19-2)10-14(15)17-13-6-4-3-5-11(13)9-16(17)18/h3-8,10,16-17H,9H2,1-2H3. The number of likely N-dealkylation sites (N-methyl/N-ethyl adjacent to an activating group) is 1. The summed E-state index contributed by atoms with van der Waals surface area (Å²) in [4.78, 5) is 2.43. The number of ether oxygens (including phenoxy) is 1. The molecule has 0 bridgehead atoms. The lowest BCUT2D eigenvalue weighted by Crippen LogP contribution is -2.28. The summed E-state index contributed by atoms with van der Waals surface area (Å²) in [5, 5.41) is 0. The van der Waals surface area contributed by atoms with Gasteiger partial charge in [0.05, 0.1) is 7.11 Å². The third-order valence-corrected chi connectivity index (χ3v) is 4.65. The molecule has 2 aromatic rings. The Kier molecular flexibility index (Phi) is 2.16. The monoisotopic (exact) mass is 251 g/mol. The Morgan fingerprint density at radius 2 is 1.95 bits per heavy atom. The average Bonchev–Trinajstić information content (AvgIpc) is 2.96. The number of anilines is 1. The molecule has 2 nitrogen and oxygen atoms in total. The number of rotatable bonds is 1. The quantitative estimate of drug-likeness (QED) is 0.771. The topological polar surface area (TPSA) is 12.5 Å². The first-order chi connectivity index (χ1) is 9.29. The van der Waals surface area contributed by atoms with E-state index in [1.807, 2.05) is 0 Å². The third-order valence-electron chi connectivity index (χ3n) is 4.65. The van der Waals surface area contributed by atoms with Gasteiger partial charge in [0.25, 0.3) is 0 Å².